The molecule has 70 heavy (non-hydrogen) atoms. The van der Waals surface area contributed by atoms with Gasteiger partial charge in [-0.1, -0.05) is 107 Å². The fourth-order valence-electron chi connectivity index (χ4n) is 9.41. The number of ether oxygens (including phenoxy) is 3. The smallest absolute Gasteiger partial charge is 0.415 e. The van der Waals surface area contributed by atoms with Crippen LogP contribution in [0.4, 0.5) is 15.3 Å². The summed E-state index contributed by atoms with van der Waals surface area (Å²) in [6, 6.07) is 10.1. The molecule has 0 saturated carbocycles. The summed E-state index contributed by atoms with van der Waals surface area (Å²) in [7, 11) is 0. The van der Waals surface area contributed by atoms with E-state index in [9.17, 15) is 43.8 Å². The summed E-state index contributed by atoms with van der Waals surface area (Å²) < 4.78 is 17.6. The van der Waals surface area contributed by atoms with Crippen LogP contribution in [0.15, 0.2) is 73.3 Å². The summed E-state index contributed by atoms with van der Waals surface area (Å²) in [5.41, 5.74) is 3.26. The highest BCUT2D eigenvalue weighted by molar-refractivity contribution is 6.32. The number of primary amides is 1. The van der Waals surface area contributed by atoms with E-state index in [0.29, 0.717) is 29.5 Å². The molecule has 6 atom stereocenters. The molecule has 0 aromatic heterocycles. The maximum Gasteiger partial charge on any atom is 0.415 e. The number of nitrogens with zero attached hydrogens (tertiary/aromatic N) is 1. The monoisotopic (exact) mass is 952 g/mol. The molecule has 0 spiro atoms. The normalized spacial score (nSPS) is 21.4. The van der Waals surface area contributed by atoms with Crippen molar-refractivity contribution >= 4 is 47.0 Å². The zero-order valence-electron chi connectivity index (χ0n) is 39.7. The van der Waals surface area contributed by atoms with Crippen LogP contribution in [0.25, 0.3) is 0 Å². The van der Waals surface area contributed by atoms with Crippen molar-refractivity contribution < 1.29 is 58.0 Å². The molecule has 4 amide bonds. The van der Waals surface area contributed by atoms with Crippen molar-refractivity contribution in [2.45, 2.75) is 103 Å². The van der Waals surface area contributed by atoms with E-state index in [1.165, 1.54) is 41.3 Å². The first-order valence-electron chi connectivity index (χ1n) is 23.2. The minimum Gasteiger partial charge on any atom is -0.507 e. The summed E-state index contributed by atoms with van der Waals surface area (Å²) in [5, 5.41) is 28.8. The summed E-state index contributed by atoms with van der Waals surface area (Å²) >= 11 is 0. The number of nitrogens with two attached hydrogens (primary N) is 1. The molecule has 16 nitrogen and oxygen atoms in total. The average molecular weight is 953 g/mol. The van der Waals surface area contributed by atoms with E-state index in [1.807, 2.05) is 27.7 Å². The molecule has 1 fully saturated rings. The quantitative estimate of drug-likeness (QED) is 0.0283. The third kappa shape index (κ3) is 9.45. The van der Waals surface area contributed by atoms with Crippen molar-refractivity contribution in [3.05, 3.63) is 118 Å². The highest BCUT2D eigenvalue weighted by Gasteiger charge is 2.83. The van der Waals surface area contributed by atoms with E-state index in [-0.39, 0.29) is 96.1 Å². The van der Waals surface area contributed by atoms with Crippen LogP contribution in [0.3, 0.4) is 0 Å². The maximum absolute atomic E-state index is 14.8. The molecule has 7 rings (SSSR count). The van der Waals surface area contributed by atoms with Crippen LogP contribution in [-0.2, 0) is 53.6 Å². The van der Waals surface area contributed by atoms with Gasteiger partial charge in [-0.15, -0.1) is 0 Å². The van der Waals surface area contributed by atoms with Gasteiger partial charge in [-0.3, -0.25) is 28.9 Å². The maximum atomic E-state index is 14.8. The fraction of sp³-hybridized carbons (Fsp3) is 0.389. The van der Waals surface area contributed by atoms with Crippen LogP contribution in [-0.4, -0.2) is 88.5 Å². The number of ketones is 3. The lowest BCUT2D eigenvalue weighted by atomic mass is 9.67. The van der Waals surface area contributed by atoms with Crippen LogP contribution in [0.1, 0.15) is 108 Å². The summed E-state index contributed by atoms with van der Waals surface area (Å²) in [6.07, 6.45) is 2.67. The first kappa shape index (κ1) is 50.3. The molecule has 4 aliphatic rings. The van der Waals surface area contributed by atoms with E-state index >= 15 is 0 Å². The number of anilines is 1. The van der Waals surface area contributed by atoms with Gasteiger partial charge in [0.25, 0.3) is 0 Å². The third-order valence-electron chi connectivity index (χ3n) is 13.4. The Morgan fingerprint density at radius 2 is 1.59 bits per heavy atom. The van der Waals surface area contributed by atoms with Gasteiger partial charge < -0.3 is 40.8 Å². The second-order valence-corrected chi connectivity index (χ2v) is 18.5. The first-order chi connectivity index (χ1) is 33.4. The number of carbonyl (C=O) groups excluding carboxylic acids is 7. The number of phenolic OH excluding ortho intramolecular Hbond substituents is 1. The molecule has 2 aliphatic carbocycles. The fourth-order valence-corrected chi connectivity index (χ4v) is 9.41. The van der Waals surface area contributed by atoms with Gasteiger partial charge in [-0.05, 0) is 72.1 Å². The van der Waals surface area contributed by atoms with Gasteiger partial charge >= 0.3 is 18.1 Å². The highest BCUT2D eigenvalue weighted by atomic mass is 16.6. The number of phenols is 1. The van der Waals surface area contributed by atoms with Gasteiger partial charge in [0, 0.05) is 42.0 Å². The number of aryl methyl sites for hydroxylation is 1. The Bertz CT molecular complexity index is 2830. The molecule has 3 aromatic carbocycles. The van der Waals surface area contributed by atoms with E-state index in [1.54, 1.807) is 37.3 Å². The Morgan fingerprint density at radius 3 is 2.26 bits per heavy atom. The zero-order valence-corrected chi connectivity index (χ0v) is 39.7. The molecule has 2 aliphatic heterocycles. The number of hydrogen-bond acceptors (Lipinski definition) is 12. The van der Waals surface area contributed by atoms with Crippen molar-refractivity contribution in [3.63, 3.8) is 0 Å². The molecular formula is C54H56N4O12. The van der Waals surface area contributed by atoms with Crippen LogP contribution in [0, 0.1) is 41.4 Å². The number of aromatic hydroxyl groups is 1. The number of epoxide rings is 1. The largest absolute Gasteiger partial charge is 0.507 e. The number of allylic oxidation sites excluding steroid dienone is 2. The Labute approximate surface area is 406 Å². The molecule has 3 aromatic rings. The number of fused-ring (bicyclic) bond motifs is 4. The number of Topliss-reactive ketones (excluding diaryl/α,β-unsaturated/α-hetero) is 1. The average Bonchev–Trinajstić information content (AvgIpc) is 4.06. The van der Waals surface area contributed by atoms with Crippen molar-refractivity contribution in [2.75, 3.05) is 18.1 Å². The van der Waals surface area contributed by atoms with Crippen LogP contribution < -0.4 is 21.3 Å². The summed E-state index contributed by atoms with van der Waals surface area (Å²) in [5.74, 6) is 7.91. The minimum absolute atomic E-state index is 0.0156. The molecular weight excluding hydrogens is 897 g/mol. The van der Waals surface area contributed by atoms with Crippen LogP contribution in [0.2, 0.25) is 0 Å². The lowest BCUT2D eigenvalue weighted by Gasteiger charge is -2.43. The molecule has 0 unspecified atom stereocenters. The van der Waals surface area contributed by atoms with E-state index in [4.69, 9.17) is 19.9 Å². The molecule has 0 radical (unpaired) electrons. The second-order valence-electron chi connectivity index (χ2n) is 18.5. The predicted molar refractivity (Wildman–Crippen MR) is 256 cm³/mol. The third-order valence-corrected chi connectivity index (χ3v) is 13.4. The molecule has 1 saturated heterocycles. The second kappa shape index (κ2) is 20.6. The number of hydrogen-bond donors (Lipinski definition) is 5. The van der Waals surface area contributed by atoms with E-state index in [2.05, 4.69) is 40.9 Å². The van der Waals surface area contributed by atoms with Gasteiger partial charge in [0.1, 0.15) is 30.6 Å². The highest BCUT2D eigenvalue weighted by Crippen LogP contribution is 2.70. The van der Waals surface area contributed by atoms with Crippen molar-refractivity contribution in [1.29, 1.82) is 0 Å². The SMILES string of the molecule is C=CCOC(=O)N1c2c(cc(O)c3c2C(=O)c2ccc(CCC(=O)OCc4ccc(CC(=O)[C@H](CCCNC(N)=O)NC(=O)[C@@H](C)C(C)C)cc4)cc2C3=O)[C@@]23O[C@@]2(C(C)C)[C@@H]1C#C/C=C\C#C[C@H]3O. The lowest BCUT2D eigenvalue weighted by Crippen LogP contribution is -2.59. The number of nitrogens with one attached hydrogen (secondary N) is 2. The molecule has 6 N–H and O–H groups in total. The standard InChI is InChI=1S/C54H56N4O12/c1-7-25-68-52(67)58-42-14-10-8-9-11-15-43(61)54(53(42,70-54)31(4)5)38-28-41(60)45-46(47(38)58)48(63)36-22-20-33(26-37(36)49(45)64)21-23-44(62)69-29-35-18-16-34(17-19-35)27-40(59)39(13-12-24-56-51(55)66)57-50(65)32(6)30(2)3/h7-9,16-20,22,26,28,30-32,39,42-43,60-61H,1,12-13,21,23-25,27,29H2,2-6H3,(H,57,65)(H3,55,56,66)/b9-8-/t32-,39-,42-,43+,53-,54-/m0/s1. The van der Waals surface area contributed by atoms with Crippen molar-refractivity contribution in [1.82, 2.24) is 10.6 Å². The summed E-state index contributed by atoms with van der Waals surface area (Å²) in [6.45, 7) is 12.9. The molecule has 2 heterocycles. The summed E-state index contributed by atoms with van der Waals surface area (Å²) in [4.78, 5) is 94.9. The number of rotatable bonds is 18. The predicted octanol–water partition coefficient (Wildman–Crippen LogP) is 5.25. The minimum atomic E-state index is -1.67. The molecule has 16 heteroatoms. The van der Waals surface area contributed by atoms with Gasteiger partial charge in [0.15, 0.2) is 29.1 Å². The number of amides is 4. The lowest BCUT2D eigenvalue weighted by molar-refractivity contribution is -0.144. The van der Waals surface area contributed by atoms with Crippen LogP contribution in [0.5, 0.6) is 5.75 Å². The zero-order chi connectivity index (χ0) is 50.7. The Hall–Kier alpha value is -7.53. The van der Waals surface area contributed by atoms with Gasteiger partial charge in [0.05, 0.1) is 22.9 Å². The Kier molecular flexibility index (Phi) is 14.8. The Balaban J connectivity index is 1.05. The molecule has 364 valence electrons. The first-order valence-corrected chi connectivity index (χ1v) is 23.2. The number of benzene rings is 3. The number of carbonyl (C=O) groups is 7. The molecule has 2 bridgehead atoms. The van der Waals surface area contributed by atoms with E-state index in [0.717, 1.165) is 0 Å². The van der Waals surface area contributed by atoms with Crippen LogP contribution >= 0.6 is 0 Å². The number of urea groups is 1. The number of esters is 1. The van der Waals surface area contributed by atoms with Gasteiger partial charge in [-0.25, -0.2) is 9.59 Å². The number of aliphatic hydroxyl groups is 1. The van der Waals surface area contributed by atoms with Crippen molar-refractivity contribution in [2.24, 2.45) is 23.5 Å². The van der Waals surface area contributed by atoms with Gasteiger partial charge in [0.2, 0.25) is 5.91 Å². The topological polar surface area (TPSA) is 244 Å². The van der Waals surface area contributed by atoms with Gasteiger partial charge in [-0.2, -0.15) is 0 Å². The number of aliphatic hydroxyl groups excluding tert-OH is 1. The van der Waals surface area contributed by atoms with Crippen molar-refractivity contribution in [3.8, 4) is 29.4 Å². The van der Waals surface area contributed by atoms with E-state index < -0.39 is 70.7 Å². The Morgan fingerprint density at radius 1 is 0.914 bits per heavy atom.